The van der Waals surface area contributed by atoms with Crippen LogP contribution < -0.4 is 0 Å². The van der Waals surface area contributed by atoms with Crippen LogP contribution in [0, 0.1) is 0 Å². The molecule has 0 bridgehead atoms. The molecule has 0 aromatic carbocycles. The zero-order valence-corrected chi connectivity index (χ0v) is 8.86. The summed E-state index contributed by atoms with van der Waals surface area (Å²) in [6.45, 7) is 8.76. The van der Waals surface area contributed by atoms with E-state index in [1.807, 2.05) is 0 Å². The van der Waals surface area contributed by atoms with Gasteiger partial charge < -0.3 is 4.57 Å². The van der Waals surface area contributed by atoms with E-state index in [0.29, 0.717) is 12.1 Å². The van der Waals surface area contributed by atoms with Crippen LogP contribution in [0.2, 0.25) is 0 Å². The van der Waals surface area contributed by atoms with E-state index in [-0.39, 0.29) is 0 Å². The third kappa shape index (κ3) is 3.23. The lowest BCUT2D eigenvalue weighted by Crippen LogP contribution is -2.37. The lowest BCUT2D eigenvalue weighted by molar-refractivity contribution is 0.317. The Labute approximate surface area is 65.0 Å². The number of rotatable bonds is 3. The molecule has 0 radical (unpaired) electrons. The molecule has 0 aliphatic carbocycles. The Hall–Kier alpha value is 0.467. The second-order valence-corrected chi connectivity index (χ2v) is 4.51. The lowest BCUT2D eigenvalue weighted by atomic mass is 10.3. The van der Waals surface area contributed by atoms with Crippen LogP contribution in [-0.2, 0) is 0 Å². The monoisotopic (exact) mass is 165 g/mol. The molecule has 9 heavy (non-hydrogen) atoms. The summed E-state index contributed by atoms with van der Waals surface area (Å²) in [6, 6.07) is 1.24. The zero-order valence-electron chi connectivity index (χ0n) is 6.69. The van der Waals surface area contributed by atoms with Crippen molar-refractivity contribution in [3.8, 4) is 0 Å². The Morgan fingerprint density at radius 2 is 1.44 bits per heavy atom. The summed E-state index contributed by atoms with van der Waals surface area (Å²) in [5.41, 5.74) is 0. The Morgan fingerprint density at radius 3 is 1.44 bits per heavy atom. The second-order valence-electron chi connectivity index (χ2n) is 2.82. The van der Waals surface area contributed by atoms with E-state index < -0.39 is 8.99 Å². The molecule has 0 aromatic heterocycles. The van der Waals surface area contributed by atoms with Crippen LogP contribution in [0.4, 0.5) is 0 Å². The first-order chi connectivity index (χ1) is 4.09. The van der Waals surface area contributed by atoms with Gasteiger partial charge in [0.15, 0.2) is 8.99 Å². The average Bonchev–Trinajstić information content (AvgIpc) is 1.64. The SMILES string of the molecule is CC(C)N([SiH2]Cl)C(C)C. The zero-order chi connectivity index (χ0) is 7.44. The minimum Gasteiger partial charge on any atom is -0.312 e. The molecule has 1 nitrogen and oxygen atoms in total. The average molecular weight is 166 g/mol. The van der Waals surface area contributed by atoms with Gasteiger partial charge in [0, 0.05) is 0 Å². The van der Waals surface area contributed by atoms with Crippen molar-refractivity contribution in [2.75, 3.05) is 0 Å². The third-order valence-corrected chi connectivity index (χ3v) is 4.03. The van der Waals surface area contributed by atoms with Crippen LogP contribution >= 0.6 is 11.1 Å². The maximum atomic E-state index is 5.82. The molecule has 0 amide bonds. The van der Waals surface area contributed by atoms with Crippen LogP contribution in [-0.4, -0.2) is 25.6 Å². The van der Waals surface area contributed by atoms with Crippen molar-refractivity contribution in [1.82, 2.24) is 4.57 Å². The van der Waals surface area contributed by atoms with Gasteiger partial charge in [0.25, 0.3) is 0 Å². The van der Waals surface area contributed by atoms with Crippen LogP contribution in [0.5, 0.6) is 0 Å². The first-order valence-corrected chi connectivity index (χ1v) is 6.18. The Kier molecular flexibility index (Phi) is 4.53. The van der Waals surface area contributed by atoms with Crippen molar-refractivity contribution in [1.29, 1.82) is 0 Å². The molecule has 0 spiro atoms. The molecule has 0 atom stereocenters. The molecular weight excluding hydrogens is 150 g/mol. The normalized spacial score (nSPS) is 13.3. The summed E-state index contributed by atoms with van der Waals surface area (Å²) >= 11 is 5.82. The van der Waals surface area contributed by atoms with Gasteiger partial charge in [-0.3, -0.25) is 0 Å². The van der Waals surface area contributed by atoms with Gasteiger partial charge >= 0.3 is 0 Å². The van der Waals surface area contributed by atoms with Gasteiger partial charge in [0.1, 0.15) is 0 Å². The van der Waals surface area contributed by atoms with E-state index in [9.17, 15) is 0 Å². The number of hydrogen-bond donors (Lipinski definition) is 0. The maximum absolute atomic E-state index is 5.82. The van der Waals surface area contributed by atoms with Crippen LogP contribution in [0.1, 0.15) is 27.7 Å². The maximum Gasteiger partial charge on any atom is 0.198 e. The molecular formula is C6H16ClNSi. The van der Waals surface area contributed by atoms with Gasteiger partial charge in [-0.05, 0) is 12.1 Å². The standard InChI is InChI=1S/C6H16ClNSi/c1-5(2)8(9-7)6(3)4/h5-6H,9H2,1-4H3. The highest BCUT2D eigenvalue weighted by Crippen LogP contribution is 2.02. The number of hydrogen-bond acceptors (Lipinski definition) is 1. The molecule has 0 aromatic rings. The van der Waals surface area contributed by atoms with Crippen molar-refractivity contribution < 1.29 is 0 Å². The molecule has 0 rings (SSSR count). The molecule has 0 saturated carbocycles. The first-order valence-electron chi connectivity index (χ1n) is 3.41. The first kappa shape index (κ1) is 9.47. The Balaban J connectivity index is 3.68. The highest BCUT2D eigenvalue weighted by Gasteiger charge is 2.10. The minimum absolute atomic E-state index is 0.461. The summed E-state index contributed by atoms with van der Waals surface area (Å²) in [6.07, 6.45) is 0. The summed E-state index contributed by atoms with van der Waals surface area (Å²) in [7, 11) is -0.461. The Bertz CT molecular complexity index is 67.5. The molecule has 3 heteroatoms. The van der Waals surface area contributed by atoms with Gasteiger partial charge in [-0.1, -0.05) is 27.7 Å². The van der Waals surface area contributed by atoms with Gasteiger partial charge in [0.2, 0.25) is 0 Å². The molecule has 0 heterocycles. The largest absolute Gasteiger partial charge is 0.312 e. The van der Waals surface area contributed by atoms with Crippen molar-refractivity contribution in [2.45, 2.75) is 39.8 Å². The van der Waals surface area contributed by atoms with E-state index >= 15 is 0 Å². The quantitative estimate of drug-likeness (QED) is 0.451. The fourth-order valence-electron chi connectivity index (χ4n) is 0.872. The highest BCUT2D eigenvalue weighted by atomic mass is 35.6. The smallest absolute Gasteiger partial charge is 0.198 e. The van der Waals surface area contributed by atoms with Gasteiger partial charge in [-0.2, -0.15) is 11.1 Å². The van der Waals surface area contributed by atoms with E-state index in [0.717, 1.165) is 0 Å². The predicted octanol–water partition coefficient (Wildman–Crippen LogP) is 1.34. The van der Waals surface area contributed by atoms with E-state index in [1.54, 1.807) is 0 Å². The summed E-state index contributed by atoms with van der Waals surface area (Å²) in [5, 5.41) is 0. The Morgan fingerprint density at radius 1 is 1.11 bits per heavy atom. The van der Waals surface area contributed by atoms with Crippen molar-refractivity contribution >= 4 is 20.1 Å². The minimum atomic E-state index is -0.461. The molecule has 0 saturated heterocycles. The van der Waals surface area contributed by atoms with E-state index in [4.69, 9.17) is 11.1 Å². The summed E-state index contributed by atoms with van der Waals surface area (Å²) in [4.78, 5) is 0. The van der Waals surface area contributed by atoms with Crippen molar-refractivity contribution in [2.24, 2.45) is 0 Å². The summed E-state index contributed by atoms with van der Waals surface area (Å²) in [5.74, 6) is 0. The molecule has 0 N–H and O–H groups in total. The summed E-state index contributed by atoms with van der Waals surface area (Å²) < 4.78 is 2.36. The lowest BCUT2D eigenvalue weighted by Gasteiger charge is -2.27. The molecule has 56 valence electrons. The number of nitrogens with zero attached hydrogens (tertiary/aromatic N) is 1. The molecule has 0 unspecified atom stereocenters. The third-order valence-electron chi connectivity index (χ3n) is 1.46. The molecule has 0 aliphatic heterocycles. The van der Waals surface area contributed by atoms with Crippen molar-refractivity contribution in [3.63, 3.8) is 0 Å². The van der Waals surface area contributed by atoms with Crippen molar-refractivity contribution in [3.05, 3.63) is 0 Å². The fraction of sp³-hybridized carbons (Fsp3) is 1.00. The topological polar surface area (TPSA) is 3.24 Å². The molecule has 0 fully saturated rings. The van der Waals surface area contributed by atoms with Crippen LogP contribution in [0.3, 0.4) is 0 Å². The second kappa shape index (κ2) is 4.31. The number of halogens is 1. The van der Waals surface area contributed by atoms with Crippen LogP contribution in [0.25, 0.3) is 0 Å². The van der Waals surface area contributed by atoms with E-state index in [1.165, 1.54) is 0 Å². The predicted molar refractivity (Wildman–Crippen MR) is 46.5 cm³/mol. The van der Waals surface area contributed by atoms with Crippen LogP contribution in [0.15, 0.2) is 0 Å². The van der Waals surface area contributed by atoms with E-state index in [2.05, 4.69) is 32.3 Å². The van der Waals surface area contributed by atoms with Gasteiger partial charge in [-0.25, -0.2) is 0 Å². The highest BCUT2D eigenvalue weighted by molar-refractivity contribution is 6.92. The fourth-order valence-corrected chi connectivity index (χ4v) is 3.08. The van der Waals surface area contributed by atoms with Gasteiger partial charge in [0.05, 0.1) is 0 Å². The van der Waals surface area contributed by atoms with Gasteiger partial charge in [-0.15, -0.1) is 0 Å². The molecule has 0 aliphatic rings.